The van der Waals surface area contributed by atoms with Crippen molar-refractivity contribution in [3.63, 3.8) is 0 Å². The molecule has 0 fully saturated rings. The van der Waals surface area contributed by atoms with Crippen LogP contribution in [0.25, 0.3) is 17.4 Å². The van der Waals surface area contributed by atoms with E-state index in [-0.39, 0.29) is 12.4 Å². The molecule has 0 saturated heterocycles. The highest BCUT2D eigenvalue weighted by atomic mass is 19.1. The standard InChI is InChI=1S/C22H18FNO5/c1-14-18(24-29-22(14)16-4-6-17(23)7-5-16)13-28-21(25)9-3-15-2-8-19-20(12-15)27-11-10-26-19/h2-9,12H,10-11,13H2,1H3/b9-3+. The molecule has 1 aliphatic heterocycles. The zero-order valence-corrected chi connectivity index (χ0v) is 15.7. The Labute approximate surface area is 166 Å². The average Bonchev–Trinajstić information content (AvgIpc) is 3.11. The van der Waals surface area contributed by atoms with E-state index in [0.29, 0.717) is 41.7 Å². The summed E-state index contributed by atoms with van der Waals surface area (Å²) in [6, 6.07) is 11.3. The molecular weight excluding hydrogens is 377 g/mol. The van der Waals surface area contributed by atoms with Gasteiger partial charge in [-0.15, -0.1) is 0 Å². The molecule has 1 aliphatic rings. The molecular formula is C22H18FNO5. The van der Waals surface area contributed by atoms with Crippen LogP contribution in [0.4, 0.5) is 4.39 Å². The van der Waals surface area contributed by atoms with Crippen LogP contribution in [0.15, 0.2) is 53.1 Å². The van der Waals surface area contributed by atoms with Gasteiger partial charge in [0, 0.05) is 17.2 Å². The molecule has 6 nitrogen and oxygen atoms in total. The molecule has 1 aromatic heterocycles. The molecule has 0 saturated carbocycles. The van der Waals surface area contributed by atoms with Crippen molar-refractivity contribution < 1.29 is 27.9 Å². The fourth-order valence-corrected chi connectivity index (χ4v) is 2.89. The van der Waals surface area contributed by atoms with E-state index < -0.39 is 5.97 Å². The Morgan fingerprint density at radius 2 is 1.90 bits per heavy atom. The lowest BCUT2D eigenvalue weighted by Gasteiger charge is -2.18. The summed E-state index contributed by atoms with van der Waals surface area (Å²) in [6.45, 7) is 2.81. The van der Waals surface area contributed by atoms with Crippen LogP contribution in [0.5, 0.6) is 11.5 Å². The molecule has 7 heteroatoms. The number of hydrogen-bond acceptors (Lipinski definition) is 6. The highest BCUT2D eigenvalue weighted by Crippen LogP contribution is 2.31. The Morgan fingerprint density at radius 1 is 1.14 bits per heavy atom. The van der Waals surface area contributed by atoms with E-state index in [1.807, 2.05) is 13.0 Å². The number of carbonyl (C=O) groups is 1. The molecule has 2 heterocycles. The van der Waals surface area contributed by atoms with E-state index >= 15 is 0 Å². The van der Waals surface area contributed by atoms with Crippen molar-refractivity contribution >= 4 is 12.0 Å². The first-order valence-electron chi connectivity index (χ1n) is 9.06. The highest BCUT2D eigenvalue weighted by Gasteiger charge is 2.15. The molecule has 29 heavy (non-hydrogen) atoms. The molecule has 0 bridgehead atoms. The number of nitrogens with zero attached hydrogens (tertiary/aromatic N) is 1. The largest absolute Gasteiger partial charge is 0.486 e. The van der Waals surface area contributed by atoms with Gasteiger partial charge in [-0.05, 0) is 55.0 Å². The second-order valence-corrected chi connectivity index (χ2v) is 6.43. The first kappa shape index (κ1) is 18.7. The highest BCUT2D eigenvalue weighted by molar-refractivity contribution is 5.87. The van der Waals surface area contributed by atoms with Crippen LogP contribution in [0.1, 0.15) is 16.8 Å². The van der Waals surface area contributed by atoms with Gasteiger partial charge >= 0.3 is 5.97 Å². The van der Waals surface area contributed by atoms with Gasteiger partial charge in [0.25, 0.3) is 0 Å². The summed E-state index contributed by atoms with van der Waals surface area (Å²) >= 11 is 0. The van der Waals surface area contributed by atoms with Gasteiger partial charge in [-0.2, -0.15) is 0 Å². The van der Waals surface area contributed by atoms with E-state index in [9.17, 15) is 9.18 Å². The predicted molar refractivity (Wildman–Crippen MR) is 103 cm³/mol. The van der Waals surface area contributed by atoms with Gasteiger partial charge in [0.05, 0.1) is 0 Å². The molecule has 0 aliphatic carbocycles. The van der Waals surface area contributed by atoms with Gasteiger partial charge in [-0.25, -0.2) is 9.18 Å². The minimum Gasteiger partial charge on any atom is -0.486 e. The van der Waals surface area contributed by atoms with Crippen LogP contribution in [0.3, 0.4) is 0 Å². The Kier molecular flexibility index (Phi) is 5.29. The smallest absolute Gasteiger partial charge is 0.331 e. The summed E-state index contributed by atoms with van der Waals surface area (Å²) in [5.41, 5.74) is 2.74. The van der Waals surface area contributed by atoms with Gasteiger partial charge < -0.3 is 18.7 Å². The number of carbonyl (C=O) groups excluding carboxylic acids is 1. The maximum absolute atomic E-state index is 13.1. The first-order chi connectivity index (χ1) is 14.1. The molecule has 2 aromatic carbocycles. The Balaban J connectivity index is 1.37. The third-order valence-corrected chi connectivity index (χ3v) is 4.46. The number of ether oxygens (including phenoxy) is 3. The summed E-state index contributed by atoms with van der Waals surface area (Å²) in [6.07, 6.45) is 2.97. The van der Waals surface area contributed by atoms with E-state index in [4.69, 9.17) is 18.7 Å². The second-order valence-electron chi connectivity index (χ2n) is 6.43. The van der Waals surface area contributed by atoms with Gasteiger partial charge in [0.15, 0.2) is 17.3 Å². The molecule has 148 valence electrons. The van der Waals surface area contributed by atoms with E-state index in [1.54, 1.807) is 30.3 Å². The minimum atomic E-state index is -0.509. The summed E-state index contributed by atoms with van der Waals surface area (Å²) in [5.74, 6) is 1.02. The van der Waals surface area contributed by atoms with Gasteiger partial charge in [0.1, 0.15) is 31.3 Å². The number of esters is 1. The number of fused-ring (bicyclic) bond motifs is 1. The lowest BCUT2D eigenvalue weighted by Crippen LogP contribution is -2.15. The van der Waals surface area contributed by atoms with E-state index in [1.165, 1.54) is 18.2 Å². The van der Waals surface area contributed by atoms with Gasteiger partial charge in [-0.3, -0.25) is 0 Å². The van der Waals surface area contributed by atoms with Crippen LogP contribution in [-0.4, -0.2) is 24.3 Å². The third kappa shape index (κ3) is 4.29. The fraction of sp³-hybridized carbons (Fsp3) is 0.182. The number of hydrogen-bond donors (Lipinski definition) is 0. The van der Waals surface area contributed by atoms with Crippen molar-refractivity contribution in [3.8, 4) is 22.8 Å². The monoisotopic (exact) mass is 395 g/mol. The zero-order chi connectivity index (χ0) is 20.2. The SMILES string of the molecule is Cc1c(COC(=O)/C=C/c2ccc3c(c2)OCCO3)noc1-c1ccc(F)cc1. The molecule has 0 unspecified atom stereocenters. The van der Waals surface area contributed by atoms with E-state index in [0.717, 1.165) is 11.1 Å². The molecule has 4 rings (SSSR count). The van der Waals surface area contributed by atoms with Crippen molar-refractivity contribution in [1.29, 1.82) is 0 Å². The lowest BCUT2D eigenvalue weighted by molar-refractivity contribution is -0.139. The van der Waals surface area contributed by atoms with Gasteiger partial charge in [-0.1, -0.05) is 11.2 Å². The number of rotatable bonds is 5. The molecule has 3 aromatic rings. The van der Waals surface area contributed by atoms with Crippen LogP contribution in [0.2, 0.25) is 0 Å². The Bertz CT molecular complexity index is 1060. The maximum atomic E-state index is 13.1. The van der Waals surface area contributed by atoms with Gasteiger partial charge in [0.2, 0.25) is 0 Å². The molecule has 0 amide bonds. The Morgan fingerprint density at radius 3 is 2.69 bits per heavy atom. The summed E-state index contributed by atoms with van der Waals surface area (Å²) < 4.78 is 34.6. The molecule has 0 N–H and O–H groups in total. The maximum Gasteiger partial charge on any atom is 0.331 e. The average molecular weight is 395 g/mol. The minimum absolute atomic E-state index is 0.0269. The third-order valence-electron chi connectivity index (χ3n) is 4.46. The van der Waals surface area contributed by atoms with E-state index in [2.05, 4.69) is 5.16 Å². The predicted octanol–water partition coefficient (Wildman–Crippen LogP) is 4.32. The van der Waals surface area contributed by atoms with Crippen LogP contribution >= 0.6 is 0 Å². The van der Waals surface area contributed by atoms with Crippen molar-refractivity contribution in [2.75, 3.05) is 13.2 Å². The zero-order valence-electron chi connectivity index (χ0n) is 15.7. The molecule has 0 atom stereocenters. The van der Waals surface area contributed by atoms with Crippen molar-refractivity contribution in [2.24, 2.45) is 0 Å². The van der Waals surface area contributed by atoms with Crippen LogP contribution in [-0.2, 0) is 16.1 Å². The van der Waals surface area contributed by atoms with Crippen molar-refractivity contribution in [2.45, 2.75) is 13.5 Å². The normalized spacial score (nSPS) is 12.9. The van der Waals surface area contributed by atoms with Crippen LogP contribution < -0.4 is 9.47 Å². The number of halogens is 1. The number of benzene rings is 2. The summed E-state index contributed by atoms with van der Waals surface area (Å²) in [5, 5.41) is 3.95. The topological polar surface area (TPSA) is 70.8 Å². The number of aromatic nitrogens is 1. The fourth-order valence-electron chi connectivity index (χ4n) is 2.89. The first-order valence-corrected chi connectivity index (χ1v) is 9.06. The van der Waals surface area contributed by atoms with Crippen LogP contribution in [0, 0.1) is 12.7 Å². The van der Waals surface area contributed by atoms with Crippen molar-refractivity contribution in [3.05, 3.63) is 71.2 Å². The summed E-state index contributed by atoms with van der Waals surface area (Å²) in [7, 11) is 0. The molecule has 0 spiro atoms. The second kappa shape index (κ2) is 8.18. The Hall–Kier alpha value is -3.61. The quantitative estimate of drug-likeness (QED) is 0.473. The summed E-state index contributed by atoms with van der Waals surface area (Å²) in [4.78, 5) is 12.0. The van der Waals surface area contributed by atoms with Crippen molar-refractivity contribution in [1.82, 2.24) is 5.16 Å². The molecule has 0 radical (unpaired) electrons. The lowest BCUT2D eigenvalue weighted by atomic mass is 10.1.